The van der Waals surface area contributed by atoms with Crippen molar-refractivity contribution in [2.75, 3.05) is 0 Å². The molecule has 0 fully saturated rings. The van der Waals surface area contributed by atoms with Gasteiger partial charge < -0.3 is 5.11 Å². The molecule has 1 aromatic rings. The normalized spacial score (nSPS) is 8.15. The zero-order chi connectivity index (χ0) is 10.3. The van der Waals surface area contributed by atoms with E-state index in [9.17, 15) is 9.59 Å². The number of benzene rings is 1. The highest BCUT2D eigenvalue weighted by molar-refractivity contribution is 6.79. The molecule has 3 nitrogen and oxygen atoms in total. The summed E-state index contributed by atoms with van der Waals surface area (Å²) in [6, 6.07) is 10.3. The number of hydrogen-bond donors (Lipinski definition) is 1. The van der Waals surface area contributed by atoms with Gasteiger partial charge in [-0.25, -0.2) is 4.79 Å². The smallest absolute Gasteiger partial charge is 0.388 e. The van der Waals surface area contributed by atoms with Gasteiger partial charge in [-0.3, -0.25) is 4.79 Å². The summed E-state index contributed by atoms with van der Waals surface area (Å²) in [5.74, 6) is -1.61. The Bertz CT molecular complexity index is 270. The molecular formula is C9H9ClO3. The van der Waals surface area contributed by atoms with Crippen LogP contribution in [0, 0.1) is 6.92 Å². The number of halogens is 1. The molecule has 1 N–H and O–H groups in total. The predicted molar refractivity (Wildman–Crippen MR) is 49.7 cm³/mol. The van der Waals surface area contributed by atoms with Crippen LogP contribution >= 0.6 is 11.6 Å². The van der Waals surface area contributed by atoms with E-state index in [4.69, 9.17) is 5.11 Å². The van der Waals surface area contributed by atoms with E-state index >= 15 is 0 Å². The second kappa shape index (κ2) is 6.20. The SMILES string of the molecule is Cc1ccccc1.O=C(O)C(=O)Cl. The van der Waals surface area contributed by atoms with Crippen molar-refractivity contribution in [1.29, 1.82) is 0 Å². The predicted octanol–water partition coefficient (Wildman–Crippen LogP) is 1.83. The van der Waals surface area contributed by atoms with Gasteiger partial charge in [-0.1, -0.05) is 35.9 Å². The van der Waals surface area contributed by atoms with Gasteiger partial charge in [0.15, 0.2) is 0 Å². The minimum atomic E-state index is -1.61. The molecule has 13 heavy (non-hydrogen) atoms. The van der Waals surface area contributed by atoms with Gasteiger partial charge >= 0.3 is 11.2 Å². The first-order valence-electron chi connectivity index (χ1n) is 3.48. The molecule has 4 heteroatoms. The van der Waals surface area contributed by atoms with Crippen LogP contribution in [-0.2, 0) is 9.59 Å². The molecule has 1 aromatic carbocycles. The molecule has 0 spiro atoms. The maximum atomic E-state index is 9.31. The molecule has 0 aliphatic heterocycles. The van der Waals surface area contributed by atoms with Crippen LogP contribution in [0.15, 0.2) is 30.3 Å². The average Bonchev–Trinajstić information content (AvgIpc) is 2.06. The van der Waals surface area contributed by atoms with Crippen LogP contribution in [-0.4, -0.2) is 16.3 Å². The molecule has 0 bridgehead atoms. The Morgan fingerprint density at radius 3 is 1.77 bits per heavy atom. The summed E-state index contributed by atoms with van der Waals surface area (Å²) in [7, 11) is 0. The minimum Gasteiger partial charge on any atom is -0.475 e. The summed E-state index contributed by atoms with van der Waals surface area (Å²) in [5.41, 5.74) is 1.32. The van der Waals surface area contributed by atoms with Crippen LogP contribution in [0.3, 0.4) is 0 Å². The van der Waals surface area contributed by atoms with Gasteiger partial charge in [-0.15, -0.1) is 0 Å². The number of carboxylic acids is 1. The highest BCUT2D eigenvalue weighted by Crippen LogP contribution is 1.92. The fourth-order valence-electron chi connectivity index (χ4n) is 0.534. The lowest BCUT2D eigenvalue weighted by Crippen LogP contribution is -2.02. The maximum absolute atomic E-state index is 9.31. The molecular weight excluding hydrogens is 192 g/mol. The van der Waals surface area contributed by atoms with Gasteiger partial charge in [0.2, 0.25) is 0 Å². The van der Waals surface area contributed by atoms with Crippen LogP contribution in [0.4, 0.5) is 0 Å². The molecule has 0 radical (unpaired) electrons. The van der Waals surface area contributed by atoms with E-state index in [-0.39, 0.29) is 0 Å². The number of carbonyl (C=O) groups is 2. The van der Waals surface area contributed by atoms with E-state index in [0.29, 0.717) is 0 Å². The molecule has 1 rings (SSSR count). The van der Waals surface area contributed by atoms with Crippen molar-refractivity contribution in [2.24, 2.45) is 0 Å². The summed E-state index contributed by atoms with van der Waals surface area (Å²) >= 11 is 4.37. The first-order chi connectivity index (χ1) is 6.04. The van der Waals surface area contributed by atoms with Crippen LogP contribution in [0.5, 0.6) is 0 Å². The minimum absolute atomic E-state index is 1.32. The van der Waals surface area contributed by atoms with Gasteiger partial charge in [-0.2, -0.15) is 0 Å². The van der Waals surface area contributed by atoms with Crippen molar-refractivity contribution in [3.05, 3.63) is 35.9 Å². The zero-order valence-corrected chi connectivity index (χ0v) is 7.78. The van der Waals surface area contributed by atoms with E-state index < -0.39 is 11.2 Å². The molecule has 0 aromatic heterocycles. The zero-order valence-electron chi connectivity index (χ0n) is 7.03. The van der Waals surface area contributed by atoms with Gasteiger partial charge in [0.1, 0.15) is 0 Å². The van der Waals surface area contributed by atoms with Crippen molar-refractivity contribution in [1.82, 2.24) is 0 Å². The van der Waals surface area contributed by atoms with Gasteiger partial charge in [0, 0.05) is 0 Å². The van der Waals surface area contributed by atoms with Gasteiger partial charge in [-0.05, 0) is 18.5 Å². The van der Waals surface area contributed by atoms with Crippen molar-refractivity contribution in [3.63, 3.8) is 0 Å². The molecule has 0 aliphatic rings. The number of hydrogen-bond acceptors (Lipinski definition) is 2. The Labute approximate surface area is 81.0 Å². The van der Waals surface area contributed by atoms with E-state index in [1.165, 1.54) is 5.56 Å². The fraction of sp³-hybridized carbons (Fsp3) is 0.111. The number of aliphatic carboxylic acids is 1. The topological polar surface area (TPSA) is 54.4 Å². The van der Waals surface area contributed by atoms with Crippen LogP contribution in [0.2, 0.25) is 0 Å². The number of aryl methyl sites for hydroxylation is 1. The molecule has 70 valence electrons. The lowest BCUT2D eigenvalue weighted by Gasteiger charge is -1.82. The monoisotopic (exact) mass is 200 g/mol. The average molecular weight is 201 g/mol. The molecule has 0 saturated heterocycles. The second-order valence-corrected chi connectivity index (χ2v) is 2.58. The fourth-order valence-corrected chi connectivity index (χ4v) is 0.534. The number of carboxylic acid groups (broad SMARTS) is 1. The second-order valence-electron chi connectivity index (χ2n) is 2.23. The van der Waals surface area contributed by atoms with Crippen molar-refractivity contribution in [2.45, 2.75) is 6.92 Å². The van der Waals surface area contributed by atoms with E-state index in [2.05, 4.69) is 30.7 Å². The first kappa shape index (κ1) is 11.6. The summed E-state index contributed by atoms with van der Waals surface area (Å²) in [5, 5.41) is 6.16. The lowest BCUT2D eigenvalue weighted by molar-refractivity contribution is -0.145. The maximum Gasteiger partial charge on any atom is 0.388 e. The Morgan fingerprint density at radius 2 is 1.62 bits per heavy atom. The standard InChI is InChI=1S/C7H8.C2HClO3/c1-7-5-3-2-4-6-7;3-1(4)2(5)6/h2-6H,1H3;(H,5,6). The van der Waals surface area contributed by atoms with Crippen molar-refractivity contribution < 1.29 is 14.7 Å². The Hall–Kier alpha value is -1.35. The molecule has 0 saturated carbocycles. The largest absolute Gasteiger partial charge is 0.475 e. The van der Waals surface area contributed by atoms with Gasteiger partial charge in [0.25, 0.3) is 0 Å². The van der Waals surface area contributed by atoms with Crippen molar-refractivity contribution in [3.8, 4) is 0 Å². The number of rotatable bonds is 1. The molecule has 0 aliphatic carbocycles. The Balaban J connectivity index is 0.000000226. The Morgan fingerprint density at radius 1 is 1.23 bits per heavy atom. The van der Waals surface area contributed by atoms with Crippen LogP contribution in [0.1, 0.15) is 5.56 Å². The summed E-state index contributed by atoms with van der Waals surface area (Å²) in [6.45, 7) is 2.08. The molecule has 0 heterocycles. The third kappa shape index (κ3) is 7.03. The van der Waals surface area contributed by atoms with E-state index in [1.54, 1.807) is 0 Å². The number of carbonyl (C=O) groups excluding carboxylic acids is 1. The summed E-state index contributed by atoms with van der Waals surface area (Å²) in [6.07, 6.45) is 0. The third-order valence-electron chi connectivity index (χ3n) is 1.11. The summed E-state index contributed by atoms with van der Waals surface area (Å²) < 4.78 is 0. The highest BCUT2D eigenvalue weighted by Gasteiger charge is 2.02. The molecule has 0 atom stereocenters. The van der Waals surface area contributed by atoms with Crippen LogP contribution < -0.4 is 0 Å². The molecule has 0 amide bonds. The van der Waals surface area contributed by atoms with E-state index in [0.717, 1.165) is 0 Å². The summed E-state index contributed by atoms with van der Waals surface area (Å²) in [4.78, 5) is 18.5. The lowest BCUT2D eigenvalue weighted by atomic mass is 10.2. The van der Waals surface area contributed by atoms with E-state index in [1.807, 2.05) is 18.2 Å². The van der Waals surface area contributed by atoms with Crippen molar-refractivity contribution >= 4 is 22.8 Å². The first-order valence-corrected chi connectivity index (χ1v) is 3.86. The highest BCUT2D eigenvalue weighted by atomic mass is 35.5. The quantitative estimate of drug-likeness (QED) is 0.556. The van der Waals surface area contributed by atoms with Gasteiger partial charge in [0.05, 0.1) is 0 Å². The third-order valence-corrected chi connectivity index (χ3v) is 1.27. The Kier molecular flexibility index (Phi) is 5.55. The van der Waals surface area contributed by atoms with Crippen LogP contribution in [0.25, 0.3) is 0 Å². The molecule has 0 unspecified atom stereocenters.